The van der Waals surface area contributed by atoms with Gasteiger partial charge in [0.05, 0.1) is 23.9 Å². The van der Waals surface area contributed by atoms with Crippen LogP contribution in [0.25, 0.3) is 21.6 Å². The lowest BCUT2D eigenvalue weighted by molar-refractivity contribution is 0.285. The van der Waals surface area contributed by atoms with E-state index in [1.54, 1.807) is 25.3 Å². The summed E-state index contributed by atoms with van der Waals surface area (Å²) >= 11 is 6.32. The molecule has 0 bridgehead atoms. The fraction of sp³-hybridized carbons (Fsp3) is 0.250. The van der Waals surface area contributed by atoms with Crippen molar-refractivity contribution in [3.63, 3.8) is 0 Å². The van der Waals surface area contributed by atoms with E-state index in [2.05, 4.69) is 15.3 Å². The first kappa shape index (κ1) is 16.2. The first-order valence-corrected chi connectivity index (χ1v) is 7.58. The predicted molar refractivity (Wildman–Crippen MR) is 90.3 cm³/mol. The molecule has 0 saturated carbocycles. The minimum Gasteiger partial charge on any atom is -0.497 e. The number of fused-ring (bicyclic) bond motifs is 1. The van der Waals surface area contributed by atoms with Crippen LogP contribution in [-0.4, -0.2) is 26.3 Å². The zero-order valence-electron chi connectivity index (χ0n) is 12.8. The second-order valence-corrected chi connectivity index (χ2v) is 5.65. The number of azide groups is 1. The first-order chi connectivity index (χ1) is 11.6. The van der Waals surface area contributed by atoms with Crippen molar-refractivity contribution in [2.24, 2.45) is 5.11 Å². The number of hydrogen-bond acceptors (Lipinski definition) is 4. The largest absolute Gasteiger partial charge is 0.497 e. The molecule has 24 heavy (non-hydrogen) atoms. The molecule has 1 atom stereocenters. The molecule has 1 heterocycles. The highest BCUT2D eigenvalue weighted by Crippen LogP contribution is 2.42. The minimum absolute atomic E-state index is 0.199. The summed E-state index contributed by atoms with van der Waals surface area (Å²) in [5.74, 6) is 0.583. The Bertz CT molecular complexity index is 824. The average molecular weight is 349 g/mol. The lowest BCUT2D eigenvalue weighted by atomic mass is 10.0. The van der Waals surface area contributed by atoms with Gasteiger partial charge in [-0.15, -0.1) is 0 Å². The summed E-state index contributed by atoms with van der Waals surface area (Å²) in [4.78, 5) is 2.75. The van der Waals surface area contributed by atoms with Crippen LogP contribution in [0.2, 0.25) is 5.02 Å². The summed E-state index contributed by atoms with van der Waals surface area (Å²) in [6.07, 6.45) is 0. The van der Waals surface area contributed by atoms with Gasteiger partial charge in [-0.1, -0.05) is 16.7 Å². The molecule has 2 aromatic carbocycles. The second kappa shape index (κ2) is 6.86. The van der Waals surface area contributed by atoms with E-state index < -0.39 is 5.82 Å². The molecule has 0 radical (unpaired) electrons. The Morgan fingerprint density at radius 1 is 1.42 bits per heavy atom. The average Bonchev–Trinajstić information content (AvgIpc) is 2.59. The van der Waals surface area contributed by atoms with Gasteiger partial charge in [0.15, 0.2) is 0 Å². The Hall–Kier alpha value is -2.63. The Labute approximate surface area is 142 Å². The van der Waals surface area contributed by atoms with Crippen molar-refractivity contribution in [2.45, 2.75) is 6.04 Å². The number of hydrogen-bond donors (Lipinski definition) is 1. The van der Waals surface area contributed by atoms with E-state index in [0.29, 0.717) is 33.3 Å². The maximum atomic E-state index is 14.0. The second-order valence-electron chi connectivity index (χ2n) is 5.24. The van der Waals surface area contributed by atoms with Gasteiger partial charge < -0.3 is 14.8 Å². The van der Waals surface area contributed by atoms with Crippen molar-refractivity contribution in [3.8, 4) is 22.6 Å². The fourth-order valence-electron chi connectivity index (χ4n) is 2.57. The van der Waals surface area contributed by atoms with Gasteiger partial charge in [0.25, 0.3) is 0 Å². The number of ether oxygens (including phenoxy) is 2. The van der Waals surface area contributed by atoms with E-state index in [4.69, 9.17) is 26.6 Å². The Kier molecular flexibility index (Phi) is 4.64. The van der Waals surface area contributed by atoms with Crippen LogP contribution in [0.3, 0.4) is 0 Å². The summed E-state index contributed by atoms with van der Waals surface area (Å²) in [6, 6.07) is 7.67. The van der Waals surface area contributed by atoms with Crippen molar-refractivity contribution in [1.82, 2.24) is 0 Å². The van der Waals surface area contributed by atoms with Crippen LogP contribution < -0.4 is 14.8 Å². The molecule has 8 heteroatoms. The minimum atomic E-state index is -0.425. The van der Waals surface area contributed by atoms with Crippen LogP contribution in [0, 0.1) is 5.82 Å². The lowest BCUT2D eigenvalue weighted by Gasteiger charge is -2.28. The third kappa shape index (κ3) is 3.18. The van der Waals surface area contributed by atoms with Crippen molar-refractivity contribution >= 4 is 17.3 Å². The SMILES string of the molecule is COc1ccc(-c2cc(F)cc3c2NC(CN=[N+]=[N-])CO3)c(Cl)c1. The molecule has 0 aliphatic carbocycles. The lowest BCUT2D eigenvalue weighted by Crippen LogP contribution is -2.34. The van der Waals surface area contributed by atoms with Gasteiger partial charge in [0.1, 0.15) is 23.9 Å². The molecule has 6 nitrogen and oxygen atoms in total. The summed E-state index contributed by atoms with van der Waals surface area (Å²) in [5, 5.41) is 7.22. The molecule has 124 valence electrons. The van der Waals surface area contributed by atoms with Gasteiger partial charge >= 0.3 is 0 Å². The van der Waals surface area contributed by atoms with Crippen molar-refractivity contribution in [3.05, 3.63) is 51.6 Å². The van der Waals surface area contributed by atoms with Crippen molar-refractivity contribution in [1.29, 1.82) is 0 Å². The predicted octanol–water partition coefficient (Wildman–Crippen LogP) is 4.64. The third-order valence-electron chi connectivity index (χ3n) is 3.69. The Morgan fingerprint density at radius 3 is 2.96 bits per heavy atom. The van der Waals surface area contributed by atoms with E-state index in [-0.39, 0.29) is 19.2 Å². The van der Waals surface area contributed by atoms with Gasteiger partial charge in [0, 0.05) is 28.6 Å². The van der Waals surface area contributed by atoms with Gasteiger partial charge in [-0.25, -0.2) is 4.39 Å². The number of anilines is 1. The molecule has 0 fully saturated rings. The Morgan fingerprint density at radius 2 is 2.25 bits per heavy atom. The summed E-state index contributed by atoms with van der Waals surface area (Å²) < 4.78 is 24.7. The molecule has 0 saturated heterocycles. The number of nitrogens with one attached hydrogen (secondary N) is 1. The number of nitrogens with zero attached hydrogens (tertiary/aromatic N) is 3. The first-order valence-electron chi connectivity index (χ1n) is 7.20. The highest BCUT2D eigenvalue weighted by molar-refractivity contribution is 6.33. The van der Waals surface area contributed by atoms with Gasteiger partial charge in [0.2, 0.25) is 0 Å². The topological polar surface area (TPSA) is 79.2 Å². The number of benzene rings is 2. The fourth-order valence-corrected chi connectivity index (χ4v) is 2.84. The van der Waals surface area contributed by atoms with Crippen molar-refractivity contribution < 1.29 is 13.9 Å². The summed E-state index contributed by atoms with van der Waals surface area (Å²) in [6.45, 7) is 0.508. The van der Waals surface area contributed by atoms with Crippen LogP contribution in [0.15, 0.2) is 35.4 Å². The number of halogens is 2. The van der Waals surface area contributed by atoms with Crippen LogP contribution in [0.1, 0.15) is 0 Å². The Balaban J connectivity index is 2.06. The number of rotatable bonds is 4. The monoisotopic (exact) mass is 348 g/mol. The van der Waals surface area contributed by atoms with E-state index >= 15 is 0 Å². The van der Waals surface area contributed by atoms with Gasteiger partial charge in [-0.05, 0) is 29.8 Å². The van der Waals surface area contributed by atoms with Crippen LogP contribution >= 0.6 is 11.6 Å². The summed E-state index contributed by atoms with van der Waals surface area (Å²) in [7, 11) is 1.55. The molecule has 2 aromatic rings. The van der Waals surface area contributed by atoms with Crippen LogP contribution in [0.4, 0.5) is 10.1 Å². The van der Waals surface area contributed by atoms with E-state index in [0.717, 1.165) is 0 Å². The molecule has 0 amide bonds. The highest BCUT2D eigenvalue weighted by atomic mass is 35.5. The van der Waals surface area contributed by atoms with E-state index in [9.17, 15) is 4.39 Å². The summed E-state index contributed by atoms with van der Waals surface area (Å²) in [5.41, 5.74) is 10.3. The molecule has 3 rings (SSSR count). The van der Waals surface area contributed by atoms with Gasteiger partial charge in [-0.2, -0.15) is 0 Å². The quantitative estimate of drug-likeness (QED) is 0.496. The molecule has 1 aliphatic rings. The molecule has 0 aromatic heterocycles. The molecule has 0 spiro atoms. The van der Waals surface area contributed by atoms with Crippen molar-refractivity contribution in [2.75, 3.05) is 25.6 Å². The van der Waals surface area contributed by atoms with E-state index in [1.807, 2.05) is 0 Å². The normalized spacial score (nSPS) is 15.5. The van der Waals surface area contributed by atoms with Crippen LogP contribution in [-0.2, 0) is 0 Å². The molecule has 1 aliphatic heterocycles. The van der Waals surface area contributed by atoms with Crippen LogP contribution in [0.5, 0.6) is 11.5 Å². The maximum absolute atomic E-state index is 14.0. The zero-order chi connectivity index (χ0) is 17.1. The third-order valence-corrected chi connectivity index (χ3v) is 4.00. The molecule has 1 unspecified atom stereocenters. The maximum Gasteiger partial charge on any atom is 0.146 e. The van der Waals surface area contributed by atoms with Gasteiger partial charge in [-0.3, -0.25) is 0 Å². The highest BCUT2D eigenvalue weighted by Gasteiger charge is 2.23. The molecule has 1 N–H and O–H groups in total. The standard InChI is InChI=1S/C16H14ClFN4O2/c1-23-11-2-3-12(14(17)6-11)13-4-9(18)5-15-16(13)21-10(8-24-15)7-20-22-19/h2-6,10,21H,7-8H2,1H3. The number of methoxy groups -OCH3 is 1. The smallest absolute Gasteiger partial charge is 0.146 e. The zero-order valence-corrected chi connectivity index (χ0v) is 13.5. The molecular formula is C16H14ClFN4O2. The van der Waals surface area contributed by atoms with E-state index in [1.165, 1.54) is 12.1 Å². The molecular weight excluding hydrogens is 335 g/mol.